The molecule has 4 heteroatoms. The van der Waals surface area contributed by atoms with Crippen molar-refractivity contribution in [1.29, 1.82) is 0 Å². The summed E-state index contributed by atoms with van der Waals surface area (Å²) in [6.45, 7) is 6.43. The predicted molar refractivity (Wildman–Crippen MR) is 86.6 cm³/mol. The van der Waals surface area contributed by atoms with Crippen molar-refractivity contribution in [2.24, 2.45) is 11.3 Å². The Morgan fingerprint density at radius 1 is 1.43 bits per heavy atom. The van der Waals surface area contributed by atoms with Crippen molar-refractivity contribution in [1.82, 2.24) is 4.90 Å². The Balaban J connectivity index is 1.80. The van der Waals surface area contributed by atoms with Gasteiger partial charge in [-0.15, -0.1) is 11.3 Å². The monoisotopic (exact) mass is 303 g/mol. The van der Waals surface area contributed by atoms with E-state index in [1.165, 1.54) is 15.6 Å². The third-order valence-corrected chi connectivity index (χ3v) is 5.88. The SMILES string of the molecule is CC(C)C1(C(=O)O)CCN(Cc2csc3ccccc23)C1. The Morgan fingerprint density at radius 3 is 2.86 bits per heavy atom. The fraction of sp³-hybridized carbons (Fsp3) is 0.471. The predicted octanol–water partition coefficient (Wildman–Crippen LogP) is 3.83. The van der Waals surface area contributed by atoms with E-state index in [9.17, 15) is 9.90 Å². The maximum atomic E-state index is 11.7. The number of nitrogens with zero attached hydrogens (tertiary/aromatic N) is 1. The van der Waals surface area contributed by atoms with E-state index in [1.54, 1.807) is 11.3 Å². The van der Waals surface area contributed by atoms with Crippen LogP contribution in [0.4, 0.5) is 0 Å². The standard InChI is InChI=1S/C17H21NO2S/c1-12(2)17(16(19)20)7-8-18(11-17)9-13-10-21-15-6-4-3-5-14(13)15/h3-6,10,12H,7-9,11H2,1-2H3,(H,19,20). The van der Waals surface area contributed by atoms with Gasteiger partial charge in [0.05, 0.1) is 5.41 Å². The van der Waals surface area contributed by atoms with Crippen LogP contribution in [-0.2, 0) is 11.3 Å². The summed E-state index contributed by atoms with van der Waals surface area (Å²) in [6.07, 6.45) is 0.752. The van der Waals surface area contributed by atoms with Crippen molar-refractivity contribution in [3.05, 3.63) is 35.2 Å². The van der Waals surface area contributed by atoms with Crippen LogP contribution < -0.4 is 0 Å². The summed E-state index contributed by atoms with van der Waals surface area (Å²) in [6, 6.07) is 8.43. The van der Waals surface area contributed by atoms with Gasteiger partial charge in [0.1, 0.15) is 0 Å². The first-order chi connectivity index (χ1) is 10.0. The van der Waals surface area contributed by atoms with Gasteiger partial charge in [-0.2, -0.15) is 0 Å². The van der Waals surface area contributed by atoms with E-state index in [-0.39, 0.29) is 5.92 Å². The lowest BCUT2D eigenvalue weighted by atomic mass is 9.76. The van der Waals surface area contributed by atoms with Crippen molar-refractivity contribution >= 4 is 27.4 Å². The molecular formula is C17H21NO2S. The maximum Gasteiger partial charge on any atom is 0.311 e. The van der Waals surface area contributed by atoms with E-state index < -0.39 is 11.4 Å². The number of fused-ring (bicyclic) bond motifs is 1. The number of carbonyl (C=O) groups is 1. The average Bonchev–Trinajstić information content (AvgIpc) is 3.05. The molecule has 0 radical (unpaired) electrons. The first kappa shape index (κ1) is 14.5. The molecular weight excluding hydrogens is 282 g/mol. The minimum absolute atomic E-state index is 0.166. The quantitative estimate of drug-likeness (QED) is 0.933. The average molecular weight is 303 g/mol. The van der Waals surface area contributed by atoms with Crippen LogP contribution in [-0.4, -0.2) is 29.1 Å². The molecule has 1 aromatic carbocycles. The molecule has 1 atom stereocenters. The van der Waals surface area contributed by atoms with Gasteiger partial charge < -0.3 is 5.11 Å². The van der Waals surface area contributed by atoms with E-state index in [1.807, 2.05) is 13.8 Å². The van der Waals surface area contributed by atoms with Gasteiger partial charge in [0, 0.05) is 17.8 Å². The maximum absolute atomic E-state index is 11.7. The molecule has 1 aliphatic heterocycles. The molecule has 0 amide bonds. The molecule has 1 aliphatic rings. The summed E-state index contributed by atoms with van der Waals surface area (Å²) >= 11 is 1.77. The van der Waals surface area contributed by atoms with Gasteiger partial charge >= 0.3 is 5.97 Å². The lowest BCUT2D eigenvalue weighted by Gasteiger charge is -2.28. The second-order valence-electron chi connectivity index (χ2n) is 6.33. The van der Waals surface area contributed by atoms with Gasteiger partial charge in [-0.1, -0.05) is 32.0 Å². The highest BCUT2D eigenvalue weighted by atomic mass is 32.1. The fourth-order valence-corrected chi connectivity index (χ4v) is 4.29. The van der Waals surface area contributed by atoms with Crippen molar-refractivity contribution < 1.29 is 9.90 Å². The number of hydrogen-bond donors (Lipinski definition) is 1. The van der Waals surface area contributed by atoms with E-state index in [4.69, 9.17) is 0 Å². The van der Waals surface area contributed by atoms with Crippen LogP contribution in [0.2, 0.25) is 0 Å². The van der Waals surface area contributed by atoms with E-state index >= 15 is 0 Å². The van der Waals surface area contributed by atoms with Crippen LogP contribution in [0.15, 0.2) is 29.6 Å². The number of thiophene rings is 1. The van der Waals surface area contributed by atoms with E-state index in [2.05, 4.69) is 34.5 Å². The van der Waals surface area contributed by atoms with E-state index in [0.717, 1.165) is 19.5 Å². The van der Waals surface area contributed by atoms with Gasteiger partial charge in [-0.05, 0) is 41.3 Å². The van der Waals surface area contributed by atoms with Gasteiger partial charge in [0.25, 0.3) is 0 Å². The highest BCUT2D eigenvalue weighted by Crippen LogP contribution is 2.39. The fourth-order valence-electron chi connectivity index (χ4n) is 3.34. The summed E-state index contributed by atoms with van der Waals surface area (Å²) in [4.78, 5) is 14.0. The zero-order valence-electron chi connectivity index (χ0n) is 12.5. The normalized spacial score (nSPS) is 23.2. The molecule has 2 aromatic rings. The Morgan fingerprint density at radius 2 is 2.19 bits per heavy atom. The molecule has 1 N–H and O–H groups in total. The topological polar surface area (TPSA) is 40.5 Å². The highest BCUT2D eigenvalue weighted by molar-refractivity contribution is 7.17. The zero-order chi connectivity index (χ0) is 15.0. The van der Waals surface area contributed by atoms with Crippen LogP contribution >= 0.6 is 11.3 Å². The largest absolute Gasteiger partial charge is 0.481 e. The minimum Gasteiger partial charge on any atom is -0.481 e. The molecule has 2 heterocycles. The van der Waals surface area contributed by atoms with Crippen LogP contribution in [0.1, 0.15) is 25.8 Å². The summed E-state index contributed by atoms with van der Waals surface area (Å²) < 4.78 is 1.31. The third kappa shape index (κ3) is 2.47. The first-order valence-electron chi connectivity index (χ1n) is 7.44. The van der Waals surface area contributed by atoms with Crippen LogP contribution in [0.25, 0.3) is 10.1 Å². The molecule has 1 unspecified atom stereocenters. The molecule has 1 saturated heterocycles. The summed E-state index contributed by atoms with van der Waals surface area (Å²) in [5, 5.41) is 13.1. The molecule has 0 bridgehead atoms. The van der Waals surface area contributed by atoms with Crippen LogP contribution in [0.3, 0.4) is 0 Å². The number of benzene rings is 1. The molecule has 3 nitrogen and oxygen atoms in total. The van der Waals surface area contributed by atoms with Crippen LogP contribution in [0.5, 0.6) is 0 Å². The van der Waals surface area contributed by atoms with Gasteiger partial charge in [-0.3, -0.25) is 9.69 Å². The lowest BCUT2D eigenvalue weighted by Crippen LogP contribution is -2.39. The number of carboxylic acids is 1. The smallest absolute Gasteiger partial charge is 0.311 e. The number of carboxylic acid groups (broad SMARTS) is 1. The summed E-state index contributed by atoms with van der Waals surface area (Å²) in [5.74, 6) is -0.477. The first-order valence-corrected chi connectivity index (χ1v) is 8.32. The van der Waals surface area contributed by atoms with Gasteiger partial charge in [0.15, 0.2) is 0 Å². The van der Waals surface area contributed by atoms with E-state index in [0.29, 0.717) is 6.54 Å². The number of hydrogen-bond acceptors (Lipinski definition) is 3. The molecule has 112 valence electrons. The molecule has 1 fully saturated rings. The molecule has 21 heavy (non-hydrogen) atoms. The summed E-state index contributed by atoms with van der Waals surface area (Å²) in [7, 11) is 0. The molecule has 3 rings (SSSR count). The number of rotatable bonds is 4. The number of aliphatic carboxylic acids is 1. The third-order valence-electron chi connectivity index (χ3n) is 4.87. The summed E-state index contributed by atoms with van der Waals surface area (Å²) in [5.41, 5.74) is 0.742. The van der Waals surface area contributed by atoms with Crippen LogP contribution in [0, 0.1) is 11.3 Å². The molecule has 0 saturated carbocycles. The Bertz CT molecular complexity index is 664. The second-order valence-corrected chi connectivity index (χ2v) is 7.24. The van der Waals surface area contributed by atoms with Crippen molar-refractivity contribution in [2.75, 3.05) is 13.1 Å². The lowest BCUT2D eigenvalue weighted by molar-refractivity contribution is -0.151. The van der Waals surface area contributed by atoms with Gasteiger partial charge in [-0.25, -0.2) is 0 Å². The van der Waals surface area contributed by atoms with Crippen molar-refractivity contribution in [3.63, 3.8) is 0 Å². The highest BCUT2D eigenvalue weighted by Gasteiger charge is 2.47. The number of likely N-dealkylation sites (tertiary alicyclic amines) is 1. The molecule has 0 spiro atoms. The zero-order valence-corrected chi connectivity index (χ0v) is 13.3. The molecule has 0 aliphatic carbocycles. The second kappa shape index (κ2) is 5.43. The Kier molecular flexibility index (Phi) is 3.76. The minimum atomic E-state index is -0.643. The molecule has 1 aromatic heterocycles. The van der Waals surface area contributed by atoms with Crippen molar-refractivity contribution in [2.45, 2.75) is 26.8 Å². The van der Waals surface area contributed by atoms with Gasteiger partial charge in [0.2, 0.25) is 0 Å². The van der Waals surface area contributed by atoms with Crippen molar-refractivity contribution in [3.8, 4) is 0 Å². The Hall–Kier alpha value is -1.39. The Labute approximate surface area is 129 Å².